The molecule has 1 aromatic rings. The van der Waals surface area contributed by atoms with Gasteiger partial charge >= 0.3 is 18.2 Å². The molecule has 1 aliphatic heterocycles. The third kappa shape index (κ3) is 5.25. The fourth-order valence-electron chi connectivity index (χ4n) is 3.14. The summed E-state index contributed by atoms with van der Waals surface area (Å²) in [6.45, 7) is 3.75. The van der Waals surface area contributed by atoms with Crippen LogP contribution in [-0.2, 0) is 22.3 Å². The maximum Gasteiger partial charge on any atom is 0.416 e. The Bertz CT molecular complexity index is 762. The van der Waals surface area contributed by atoms with E-state index in [1.807, 2.05) is 6.92 Å². The molecule has 0 fully saturated rings. The summed E-state index contributed by atoms with van der Waals surface area (Å²) < 4.78 is 44.7. The molecule has 2 N–H and O–H groups in total. The normalized spacial score (nSPS) is 17.4. The summed E-state index contributed by atoms with van der Waals surface area (Å²) in [5.41, 5.74) is 0.0336. The lowest BCUT2D eigenvalue weighted by molar-refractivity contribution is -0.139. The van der Waals surface area contributed by atoms with Crippen molar-refractivity contribution in [2.24, 2.45) is 0 Å². The van der Waals surface area contributed by atoms with Crippen molar-refractivity contribution in [3.8, 4) is 0 Å². The van der Waals surface area contributed by atoms with Crippen molar-refractivity contribution in [1.29, 1.82) is 0 Å². The molecule has 1 aliphatic rings. The number of hydrogen-bond donors (Lipinski definition) is 2. The Hall–Kier alpha value is -2.55. The summed E-state index contributed by atoms with van der Waals surface area (Å²) in [4.78, 5) is 25.9. The van der Waals surface area contributed by atoms with Crippen molar-refractivity contribution in [2.45, 2.75) is 39.0 Å². The number of amides is 2. The van der Waals surface area contributed by atoms with Crippen LogP contribution >= 0.6 is 0 Å². The van der Waals surface area contributed by atoms with Gasteiger partial charge in [-0.2, -0.15) is 13.2 Å². The molecule has 2 rings (SSSR count). The Morgan fingerprint density at radius 1 is 1.21 bits per heavy atom. The molecule has 0 bridgehead atoms. The number of hydrogen-bond acceptors (Lipinski definition) is 4. The van der Waals surface area contributed by atoms with Crippen molar-refractivity contribution >= 4 is 12.0 Å². The average molecular weight is 399 g/mol. The van der Waals surface area contributed by atoms with Crippen LogP contribution in [0.2, 0.25) is 0 Å². The summed E-state index contributed by atoms with van der Waals surface area (Å²) in [6, 6.07) is 4.35. The van der Waals surface area contributed by atoms with E-state index in [1.165, 1.54) is 12.1 Å². The van der Waals surface area contributed by atoms with Gasteiger partial charge in [0.1, 0.15) is 0 Å². The highest BCUT2D eigenvalue weighted by molar-refractivity contribution is 5.94. The van der Waals surface area contributed by atoms with E-state index in [0.717, 1.165) is 6.07 Å². The van der Waals surface area contributed by atoms with E-state index >= 15 is 0 Å². The number of nitrogens with one attached hydrogen (secondary N) is 2. The number of alkyl halides is 3. The zero-order valence-electron chi connectivity index (χ0n) is 16.0. The van der Waals surface area contributed by atoms with Crippen molar-refractivity contribution in [3.05, 3.63) is 46.7 Å². The minimum atomic E-state index is -4.46. The van der Waals surface area contributed by atoms with Gasteiger partial charge in [0.05, 0.1) is 23.8 Å². The summed E-state index contributed by atoms with van der Waals surface area (Å²) in [7, 11) is 1.62. The largest absolute Gasteiger partial charge is 0.463 e. The number of urea groups is 1. The second-order valence-corrected chi connectivity index (χ2v) is 6.50. The number of benzene rings is 1. The van der Waals surface area contributed by atoms with Gasteiger partial charge in [0, 0.05) is 18.8 Å². The van der Waals surface area contributed by atoms with Gasteiger partial charge < -0.3 is 15.4 Å². The van der Waals surface area contributed by atoms with Gasteiger partial charge in [0.25, 0.3) is 0 Å². The van der Waals surface area contributed by atoms with Crippen LogP contribution in [0.15, 0.2) is 35.5 Å². The van der Waals surface area contributed by atoms with E-state index in [-0.39, 0.29) is 25.3 Å². The molecule has 0 saturated carbocycles. The number of rotatable bonds is 7. The molecule has 1 unspecified atom stereocenters. The molecule has 0 aromatic heterocycles. The van der Waals surface area contributed by atoms with Crippen LogP contribution in [-0.4, -0.2) is 43.1 Å². The molecule has 1 aromatic carbocycles. The first-order chi connectivity index (χ1) is 13.2. The first-order valence-corrected chi connectivity index (χ1v) is 8.98. The summed E-state index contributed by atoms with van der Waals surface area (Å²) >= 11 is 0. The highest BCUT2D eigenvalue weighted by Gasteiger charge is 2.34. The van der Waals surface area contributed by atoms with Gasteiger partial charge in [-0.1, -0.05) is 25.1 Å². The molecule has 154 valence electrons. The lowest BCUT2D eigenvalue weighted by Gasteiger charge is -2.30. The Balaban J connectivity index is 2.28. The molecule has 28 heavy (non-hydrogen) atoms. The number of halogens is 3. The summed E-state index contributed by atoms with van der Waals surface area (Å²) in [5, 5.41) is 5.26. The number of esters is 1. The van der Waals surface area contributed by atoms with Gasteiger partial charge in [-0.15, -0.1) is 0 Å². The van der Waals surface area contributed by atoms with E-state index in [0.29, 0.717) is 17.7 Å². The minimum Gasteiger partial charge on any atom is -0.463 e. The van der Waals surface area contributed by atoms with Crippen LogP contribution in [0, 0.1) is 0 Å². The summed E-state index contributed by atoms with van der Waals surface area (Å²) in [6.07, 6.45) is -3.98. The predicted molar refractivity (Wildman–Crippen MR) is 97.2 cm³/mol. The fourth-order valence-corrected chi connectivity index (χ4v) is 3.14. The topological polar surface area (TPSA) is 70.7 Å². The van der Waals surface area contributed by atoms with E-state index in [1.54, 1.807) is 24.9 Å². The molecule has 9 heteroatoms. The zero-order chi connectivity index (χ0) is 20.9. The van der Waals surface area contributed by atoms with E-state index in [2.05, 4.69) is 10.6 Å². The van der Waals surface area contributed by atoms with Gasteiger partial charge in [0.15, 0.2) is 0 Å². The SMILES string of the molecule is CCOC(=O)C1=C(CN(C)Cc2ccccc2C(F)(F)F)NC(=O)NC1CC. The lowest BCUT2D eigenvalue weighted by Crippen LogP contribution is -2.51. The average Bonchev–Trinajstić information content (AvgIpc) is 2.60. The van der Waals surface area contributed by atoms with Gasteiger partial charge in [-0.05, 0) is 32.0 Å². The standard InChI is InChI=1S/C19H24F3N3O3/c1-4-14-16(17(26)28-5-2)15(24-18(27)23-14)11-25(3)10-12-8-6-7-9-13(12)19(20,21)22/h6-9,14H,4-5,10-11H2,1-3H3,(H2,23,24,27). The van der Waals surface area contributed by atoms with Gasteiger partial charge in [-0.25, -0.2) is 9.59 Å². The van der Waals surface area contributed by atoms with Crippen LogP contribution in [0.1, 0.15) is 31.4 Å². The third-order valence-corrected chi connectivity index (χ3v) is 4.34. The van der Waals surface area contributed by atoms with Crippen molar-refractivity contribution < 1.29 is 27.5 Å². The van der Waals surface area contributed by atoms with Crippen LogP contribution < -0.4 is 10.6 Å². The smallest absolute Gasteiger partial charge is 0.416 e. The van der Waals surface area contributed by atoms with Crippen molar-refractivity contribution in [3.63, 3.8) is 0 Å². The van der Waals surface area contributed by atoms with Gasteiger partial charge in [0.2, 0.25) is 0 Å². The highest BCUT2D eigenvalue weighted by Crippen LogP contribution is 2.32. The number of ether oxygens (including phenoxy) is 1. The Labute approximate surface area is 161 Å². The first kappa shape index (κ1) is 21.7. The molecule has 0 aliphatic carbocycles. The number of carbonyl (C=O) groups is 2. The first-order valence-electron chi connectivity index (χ1n) is 8.98. The molecule has 0 saturated heterocycles. The van der Waals surface area contributed by atoms with Crippen LogP contribution in [0.4, 0.5) is 18.0 Å². The second-order valence-electron chi connectivity index (χ2n) is 6.50. The monoisotopic (exact) mass is 399 g/mol. The number of likely N-dealkylation sites (N-methyl/N-ethyl adjacent to an activating group) is 1. The molecule has 2 amide bonds. The Kier molecular flexibility index (Phi) is 7.06. The third-order valence-electron chi connectivity index (χ3n) is 4.34. The van der Waals surface area contributed by atoms with E-state index in [4.69, 9.17) is 4.74 Å². The number of nitrogens with zero attached hydrogens (tertiary/aromatic N) is 1. The molecule has 6 nitrogen and oxygen atoms in total. The quantitative estimate of drug-likeness (QED) is 0.692. The predicted octanol–water partition coefficient (Wildman–Crippen LogP) is 3.05. The fraction of sp³-hybridized carbons (Fsp3) is 0.474. The molecule has 1 heterocycles. The zero-order valence-corrected chi connectivity index (χ0v) is 16.0. The second kappa shape index (κ2) is 9.09. The highest BCUT2D eigenvalue weighted by atomic mass is 19.4. The molecular formula is C19H24F3N3O3. The molecule has 1 atom stereocenters. The number of carbonyl (C=O) groups excluding carboxylic acids is 2. The lowest BCUT2D eigenvalue weighted by atomic mass is 9.99. The Morgan fingerprint density at radius 2 is 1.89 bits per heavy atom. The minimum absolute atomic E-state index is 0.00458. The van der Waals surface area contributed by atoms with Gasteiger partial charge in [-0.3, -0.25) is 4.90 Å². The van der Waals surface area contributed by atoms with Crippen molar-refractivity contribution in [2.75, 3.05) is 20.2 Å². The maximum atomic E-state index is 13.2. The molecule has 0 radical (unpaired) electrons. The van der Waals surface area contributed by atoms with E-state index in [9.17, 15) is 22.8 Å². The summed E-state index contributed by atoms with van der Waals surface area (Å²) in [5.74, 6) is -0.555. The van der Waals surface area contributed by atoms with Crippen LogP contribution in [0.5, 0.6) is 0 Å². The van der Waals surface area contributed by atoms with Crippen molar-refractivity contribution in [1.82, 2.24) is 15.5 Å². The molecule has 0 spiro atoms. The Morgan fingerprint density at radius 3 is 2.50 bits per heavy atom. The van der Waals surface area contributed by atoms with Crippen LogP contribution in [0.3, 0.4) is 0 Å². The van der Waals surface area contributed by atoms with E-state index < -0.39 is 29.8 Å². The maximum absolute atomic E-state index is 13.2. The molecular weight excluding hydrogens is 375 g/mol. The van der Waals surface area contributed by atoms with Crippen LogP contribution in [0.25, 0.3) is 0 Å².